The topological polar surface area (TPSA) is 111 Å². The van der Waals surface area contributed by atoms with Crippen molar-refractivity contribution in [1.82, 2.24) is 5.32 Å². The van der Waals surface area contributed by atoms with E-state index in [0.717, 1.165) is 6.07 Å². The van der Waals surface area contributed by atoms with Crippen molar-refractivity contribution < 1.29 is 23.6 Å². The molecule has 0 spiro atoms. The summed E-state index contributed by atoms with van der Waals surface area (Å²) in [4.78, 5) is 36.1. The molecule has 2 amide bonds. The predicted octanol–water partition coefficient (Wildman–Crippen LogP) is 4.81. The molecule has 0 fully saturated rings. The monoisotopic (exact) mass is 469 g/mol. The smallest absolute Gasteiger partial charge is 0.272 e. The van der Waals surface area contributed by atoms with Gasteiger partial charge in [-0.25, -0.2) is 4.39 Å². The van der Waals surface area contributed by atoms with Crippen molar-refractivity contribution in [3.05, 3.63) is 105 Å². The van der Waals surface area contributed by atoms with Gasteiger partial charge in [0.1, 0.15) is 17.3 Å². The van der Waals surface area contributed by atoms with E-state index in [-0.39, 0.29) is 27.5 Å². The minimum atomic E-state index is -0.868. The predicted molar refractivity (Wildman–Crippen MR) is 122 cm³/mol. The molecule has 3 aromatic rings. The molecule has 0 unspecified atom stereocenters. The van der Waals surface area contributed by atoms with E-state index < -0.39 is 22.6 Å². The van der Waals surface area contributed by atoms with E-state index in [1.807, 2.05) is 0 Å². The van der Waals surface area contributed by atoms with Crippen LogP contribution in [0.1, 0.15) is 15.9 Å². The number of hydrogen-bond donors (Lipinski definition) is 2. The SMILES string of the molecule is COc1ccc(NC(=O)C(=Cc2cccc([N+](=O)[O-])c2)NC(=O)c2ccccc2F)cc1Cl. The number of rotatable bonds is 7. The van der Waals surface area contributed by atoms with E-state index in [2.05, 4.69) is 10.6 Å². The van der Waals surface area contributed by atoms with Crippen molar-refractivity contribution in [2.45, 2.75) is 0 Å². The molecule has 168 valence electrons. The van der Waals surface area contributed by atoms with Crippen molar-refractivity contribution in [3.63, 3.8) is 0 Å². The lowest BCUT2D eigenvalue weighted by Gasteiger charge is -2.12. The first-order valence-electron chi connectivity index (χ1n) is 9.45. The number of amides is 2. The highest BCUT2D eigenvalue weighted by Gasteiger charge is 2.18. The summed E-state index contributed by atoms with van der Waals surface area (Å²) in [5.74, 6) is -2.00. The quantitative estimate of drug-likeness (QED) is 0.293. The second-order valence-electron chi connectivity index (χ2n) is 6.65. The molecule has 33 heavy (non-hydrogen) atoms. The van der Waals surface area contributed by atoms with Gasteiger partial charge in [0, 0.05) is 17.8 Å². The Morgan fingerprint density at radius 3 is 2.52 bits per heavy atom. The molecule has 2 N–H and O–H groups in total. The molecule has 0 saturated carbocycles. The van der Waals surface area contributed by atoms with Crippen LogP contribution in [0.5, 0.6) is 5.75 Å². The number of nitro groups is 1. The zero-order chi connectivity index (χ0) is 24.0. The van der Waals surface area contributed by atoms with Gasteiger partial charge >= 0.3 is 0 Å². The molecule has 0 aliphatic heterocycles. The third-order valence-electron chi connectivity index (χ3n) is 4.41. The average Bonchev–Trinajstić information content (AvgIpc) is 2.79. The van der Waals surface area contributed by atoms with Crippen molar-refractivity contribution in [2.24, 2.45) is 0 Å². The lowest BCUT2D eigenvalue weighted by atomic mass is 10.1. The van der Waals surface area contributed by atoms with Crippen molar-refractivity contribution >= 4 is 40.9 Å². The zero-order valence-corrected chi connectivity index (χ0v) is 17.9. The maximum atomic E-state index is 14.0. The van der Waals surface area contributed by atoms with E-state index in [0.29, 0.717) is 11.4 Å². The number of nitro benzene ring substituents is 1. The van der Waals surface area contributed by atoms with Gasteiger partial charge in [-0.3, -0.25) is 19.7 Å². The van der Waals surface area contributed by atoms with Gasteiger partial charge in [-0.2, -0.15) is 0 Å². The molecule has 8 nitrogen and oxygen atoms in total. The fourth-order valence-electron chi connectivity index (χ4n) is 2.83. The Labute approximate surface area is 192 Å². The van der Waals surface area contributed by atoms with Crippen molar-refractivity contribution in [1.29, 1.82) is 0 Å². The lowest BCUT2D eigenvalue weighted by molar-refractivity contribution is -0.384. The summed E-state index contributed by atoms with van der Waals surface area (Å²) in [5, 5.41) is 16.3. The molecule has 3 rings (SSSR count). The van der Waals surface area contributed by atoms with E-state index in [1.54, 1.807) is 6.07 Å². The molecule has 0 aromatic heterocycles. The van der Waals surface area contributed by atoms with Crippen LogP contribution in [0.25, 0.3) is 6.08 Å². The molecule has 0 bridgehead atoms. The number of non-ortho nitro benzene ring substituents is 1. The van der Waals surface area contributed by atoms with Gasteiger partial charge in [0.05, 0.1) is 22.6 Å². The molecule has 0 heterocycles. The first kappa shape index (κ1) is 23.4. The van der Waals surface area contributed by atoms with Gasteiger partial charge in [-0.1, -0.05) is 35.9 Å². The number of methoxy groups -OCH3 is 1. The van der Waals surface area contributed by atoms with Crippen LogP contribution in [-0.2, 0) is 4.79 Å². The molecule has 3 aromatic carbocycles. The number of hydrogen-bond acceptors (Lipinski definition) is 5. The molecule has 0 aliphatic rings. The largest absolute Gasteiger partial charge is 0.495 e. The summed E-state index contributed by atoms with van der Waals surface area (Å²) in [6.45, 7) is 0. The van der Waals surface area contributed by atoms with E-state index in [1.165, 1.54) is 67.8 Å². The summed E-state index contributed by atoms with van der Waals surface area (Å²) in [7, 11) is 1.44. The number of nitrogens with one attached hydrogen (secondary N) is 2. The fraction of sp³-hybridized carbons (Fsp3) is 0.0435. The molecular weight excluding hydrogens is 453 g/mol. The van der Waals surface area contributed by atoms with Gasteiger partial charge < -0.3 is 15.4 Å². The molecular formula is C23H17ClFN3O5. The number of carbonyl (C=O) groups excluding carboxylic acids is 2. The normalized spacial score (nSPS) is 10.9. The number of ether oxygens (including phenoxy) is 1. The molecule has 0 radical (unpaired) electrons. The average molecular weight is 470 g/mol. The van der Waals surface area contributed by atoms with Crippen LogP contribution in [0.2, 0.25) is 5.02 Å². The third kappa shape index (κ3) is 5.92. The second-order valence-corrected chi connectivity index (χ2v) is 7.05. The van der Waals surface area contributed by atoms with Crippen LogP contribution >= 0.6 is 11.6 Å². The Hall–Kier alpha value is -4.24. The number of carbonyl (C=O) groups is 2. The Bertz CT molecular complexity index is 1260. The van der Waals surface area contributed by atoms with E-state index in [9.17, 15) is 24.1 Å². The van der Waals surface area contributed by atoms with Gasteiger partial charge in [0.25, 0.3) is 17.5 Å². The van der Waals surface area contributed by atoms with Crippen molar-refractivity contribution in [3.8, 4) is 5.75 Å². The fourth-order valence-corrected chi connectivity index (χ4v) is 3.09. The Morgan fingerprint density at radius 2 is 1.85 bits per heavy atom. The lowest BCUT2D eigenvalue weighted by Crippen LogP contribution is -2.31. The van der Waals surface area contributed by atoms with E-state index in [4.69, 9.17) is 16.3 Å². The maximum absolute atomic E-state index is 14.0. The first-order valence-corrected chi connectivity index (χ1v) is 9.83. The Kier molecular flexibility index (Phi) is 7.37. The highest BCUT2D eigenvalue weighted by atomic mass is 35.5. The first-order chi connectivity index (χ1) is 15.8. The summed E-state index contributed by atoms with van der Waals surface area (Å²) in [6, 6.07) is 15.2. The van der Waals surface area contributed by atoms with Crippen LogP contribution in [0, 0.1) is 15.9 Å². The Morgan fingerprint density at radius 1 is 1.09 bits per heavy atom. The highest BCUT2D eigenvalue weighted by Crippen LogP contribution is 2.27. The molecule has 0 saturated heterocycles. The van der Waals surface area contributed by atoms with Gasteiger partial charge in [0.2, 0.25) is 0 Å². The standard InChI is InChI=1S/C23H17ClFN3O5/c1-33-21-10-9-15(13-18(21)24)26-23(30)20(12-14-5-4-6-16(11-14)28(31)32)27-22(29)17-7-2-3-8-19(17)25/h2-13H,1H3,(H,26,30)(H,27,29). The van der Waals surface area contributed by atoms with Crippen molar-refractivity contribution in [2.75, 3.05) is 12.4 Å². The number of nitrogens with zero attached hydrogens (tertiary/aromatic N) is 1. The molecule has 10 heteroatoms. The highest BCUT2D eigenvalue weighted by molar-refractivity contribution is 6.32. The summed E-state index contributed by atoms with van der Waals surface area (Å²) >= 11 is 6.09. The van der Waals surface area contributed by atoms with Crippen LogP contribution in [-0.4, -0.2) is 23.8 Å². The van der Waals surface area contributed by atoms with Crippen LogP contribution in [0.3, 0.4) is 0 Å². The van der Waals surface area contributed by atoms with Crippen LogP contribution in [0.15, 0.2) is 72.4 Å². The minimum absolute atomic E-state index is 0.203. The summed E-state index contributed by atoms with van der Waals surface area (Å²) < 4.78 is 19.1. The summed E-state index contributed by atoms with van der Waals surface area (Å²) in [6.07, 6.45) is 1.24. The Balaban J connectivity index is 1.95. The molecule has 0 aliphatic carbocycles. The number of benzene rings is 3. The maximum Gasteiger partial charge on any atom is 0.272 e. The number of anilines is 1. The van der Waals surface area contributed by atoms with Gasteiger partial charge in [-0.15, -0.1) is 0 Å². The van der Waals surface area contributed by atoms with Crippen LogP contribution in [0.4, 0.5) is 15.8 Å². The van der Waals surface area contributed by atoms with Gasteiger partial charge in [0.15, 0.2) is 0 Å². The molecule has 0 atom stereocenters. The minimum Gasteiger partial charge on any atom is -0.495 e. The summed E-state index contributed by atoms with van der Waals surface area (Å²) in [5.41, 5.74) is -0.170. The third-order valence-corrected chi connectivity index (χ3v) is 4.71. The zero-order valence-electron chi connectivity index (χ0n) is 17.2. The van der Waals surface area contributed by atoms with E-state index >= 15 is 0 Å². The second kappa shape index (κ2) is 10.4. The van der Waals surface area contributed by atoms with Gasteiger partial charge in [-0.05, 0) is 42.0 Å². The van der Waals surface area contributed by atoms with Crippen LogP contribution < -0.4 is 15.4 Å². The number of halogens is 2.